The molecule has 2 atom stereocenters. The molecule has 3 amide bonds. The van der Waals surface area contributed by atoms with Gasteiger partial charge < -0.3 is 15.5 Å². The number of carbonyl (C=O) groups is 2. The van der Waals surface area contributed by atoms with E-state index in [1.54, 1.807) is 17.8 Å². The molecule has 1 aromatic rings. The number of nitrogens with one attached hydrogen (secondary N) is 2. The number of likely N-dealkylation sites (tertiary alicyclic amines) is 1. The van der Waals surface area contributed by atoms with E-state index in [0.29, 0.717) is 6.54 Å². The van der Waals surface area contributed by atoms with Crippen molar-refractivity contribution < 1.29 is 9.59 Å². The van der Waals surface area contributed by atoms with Crippen molar-refractivity contribution in [1.82, 2.24) is 25.3 Å². The normalized spacial score (nSPS) is 19.6. The predicted molar refractivity (Wildman–Crippen MR) is 83.1 cm³/mol. The van der Waals surface area contributed by atoms with Crippen molar-refractivity contribution >= 4 is 11.9 Å². The van der Waals surface area contributed by atoms with Crippen molar-refractivity contribution in [2.45, 2.75) is 51.7 Å². The van der Waals surface area contributed by atoms with Gasteiger partial charge >= 0.3 is 6.03 Å². The molecule has 1 saturated heterocycles. The highest BCUT2D eigenvalue weighted by Gasteiger charge is 2.27. The maximum absolute atomic E-state index is 12.4. The first-order valence-corrected chi connectivity index (χ1v) is 7.79. The van der Waals surface area contributed by atoms with Crippen LogP contribution in [0, 0.1) is 0 Å². The van der Waals surface area contributed by atoms with Crippen molar-refractivity contribution in [3.05, 3.63) is 18.0 Å². The molecule has 7 heteroatoms. The van der Waals surface area contributed by atoms with Crippen LogP contribution >= 0.6 is 0 Å². The molecule has 0 saturated carbocycles. The zero-order valence-electron chi connectivity index (χ0n) is 13.5. The standard InChI is InChI=1S/C15H25N5O2/c1-11-6-4-5-7-20(11)14(21)12(2)18-15(22)16-8-13-9-17-19(3)10-13/h9-12H,4-8H2,1-3H3,(H2,16,18,22)/t11-,12-/m1/s1. The Labute approximate surface area is 131 Å². The lowest BCUT2D eigenvalue weighted by atomic mass is 10.0. The summed E-state index contributed by atoms with van der Waals surface area (Å²) >= 11 is 0. The maximum atomic E-state index is 12.4. The van der Waals surface area contributed by atoms with E-state index in [1.807, 2.05) is 18.1 Å². The van der Waals surface area contributed by atoms with E-state index in [4.69, 9.17) is 0 Å². The zero-order chi connectivity index (χ0) is 16.1. The monoisotopic (exact) mass is 307 g/mol. The number of rotatable bonds is 4. The molecule has 0 aliphatic carbocycles. The molecular formula is C15H25N5O2. The zero-order valence-corrected chi connectivity index (χ0v) is 13.5. The number of aromatic nitrogens is 2. The van der Waals surface area contributed by atoms with Gasteiger partial charge in [-0.15, -0.1) is 0 Å². The largest absolute Gasteiger partial charge is 0.338 e. The van der Waals surface area contributed by atoms with Crippen molar-refractivity contribution in [3.8, 4) is 0 Å². The first kappa shape index (κ1) is 16.3. The average Bonchev–Trinajstić information content (AvgIpc) is 2.90. The van der Waals surface area contributed by atoms with Gasteiger partial charge in [-0.2, -0.15) is 5.10 Å². The second-order valence-corrected chi connectivity index (χ2v) is 5.95. The van der Waals surface area contributed by atoms with Gasteiger partial charge in [0.2, 0.25) is 5.91 Å². The fraction of sp³-hybridized carbons (Fsp3) is 0.667. The topological polar surface area (TPSA) is 79.3 Å². The summed E-state index contributed by atoms with van der Waals surface area (Å²) in [7, 11) is 1.82. The average molecular weight is 307 g/mol. The Bertz CT molecular complexity index is 528. The van der Waals surface area contributed by atoms with Crippen molar-refractivity contribution in [1.29, 1.82) is 0 Å². The van der Waals surface area contributed by atoms with Gasteiger partial charge in [-0.1, -0.05) is 0 Å². The number of urea groups is 1. The molecule has 0 unspecified atom stereocenters. The fourth-order valence-corrected chi connectivity index (χ4v) is 2.73. The Balaban J connectivity index is 1.78. The van der Waals surface area contributed by atoms with Crippen LogP contribution in [0.15, 0.2) is 12.4 Å². The summed E-state index contributed by atoms with van der Waals surface area (Å²) in [6.45, 7) is 4.96. The summed E-state index contributed by atoms with van der Waals surface area (Å²) in [6, 6.07) is -0.604. The molecule has 1 aromatic heterocycles. The second-order valence-electron chi connectivity index (χ2n) is 5.95. The molecule has 1 aliphatic rings. The Morgan fingerprint density at radius 1 is 1.45 bits per heavy atom. The summed E-state index contributed by atoms with van der Waals surface area (Å²) in [5.74, 6) is -0.0104. The molecule has 2 rings (SSSR count). The summed E-state index contributed by atoms with van der Waals surface area (Å²) < 4.78 is 1.68. The van der Waals surface area contributed by atoms with Crippen LogP contribution in [-0.2, 0) is 18.4 Å². The Kier molecular flexibility index (Phi) is 5.41. The van der Waals surface area contributed by atoms with Crippen LogP contribution in [0.1, 0.15) is 38.7 Å². The molecule has 2 heterocycles. The number of nitrogens with zero attached hydrogens (tertiary/aromatic N) is 3. The van der Waals surface area contributed by atoms with Gasteiger partial charge in [0.15, 0.2) is 0 Å². The second kappa shape index (κ2) is 7.29. The van der Waals surface area contributed by atoms with Crippen LogP contribution in [0.5, 0.6) is 0 Å². The summed E-state index contributed by atoms with van der Waals surface area (Å²) in [5, 5.41) is 9.48. The van der Waals surface area contributed by atoms with E-state index in [-0.39, 0.29) is 18.0 Å². The highest BCUT2D eigenvalue weighted by atomic mass is 16.2. The molecule has 1 fully saturated rings. The molecule has 0 radical (unpaired) electrons. The SMILES string of the molecule is C[C@@H]1CCCCN1C(=O)[C@@H](C)NC(=O)NCc1cnn(C)c1. The van der Waals surface area contributed by atoms with Gasteiger partial charge in [0, 0.05) is 37.9 Å². The van der Waals surface area contributed by atoms with Crippen LogP contribution in [0.4, 0.5) is 4.79 Å². The van der Waals surface area contributed by atoms with Gasteiger partial charge in [-0.25, -0.2) is 4.79 Å². The lowest BCUT2D eigenvalue weighted by Gasteiger charge is -2.35. The van der Waals surface area contributed by atoms with E-state index in [0.717, 1.165) is 24.9 Å². The molecule has 7 nitrogen and oxygen atoms in total. The first-order chi connectivity index (χ1) is 10.5. The van der Waals surface area contributed by atoms with Crippen LogP contribution in [0.25, 0.3) is 0 Å². The number of hydrogen-bond donors (Lipinski definition) is 2. The number of aryl methyl sites for hydroxylation is 1. The van der Waals surface area contributed by atoms with Gasteiger partial charge in [-0.05, 0) is 33.1 Å². The lowest BCUT2D eigenvalue weighted by molar-refractivity contribution is -0.136. The molecule has 0 aromatic carbocycles. The maximum Gasteiger partial charge on any atom is 0.315 e. The van der Waals surface area contributed by atoms with Crippen molar-refractivity contribution in [3.63, 3.8) is 0 Å². The molecular weight excluding hydrogens is 282 g/mol. The minimum absolute atomic E-state index is 0.0104. The van der Waals surface area contributed by atoms with Crippen LogP contribution in [0.2, 0.25) is 0 Å². The van der Waals surface area contributed by atoms with E-state index >= 15 is 0 Å². The third-order valence-corrected chi connectivity index (χ3v) is 4.02. The summed E-state index contributed by atoms with van der Waals surface area (Å²) in [4.78, 5) is 26.1. The highest BCUT2D eigenvalue weighted by molar-refractivity contribution is 5.86. The number of amides is 3. The Morgan fingerprint density at radius 2 is 2.23 bits per heavy atom. The highest BCUT2D eigenvalue weighted by Crippen LogP contribution is 2.17. The lowest BCUT2D eigenvalue weighted by Crippen LogP contribution is -2.53. The quantitative estimate of drug-likeness (QED) is 0.871. The van der Waals surface area contributed by atoms with Crippen LogP contribution < -0.4 is 10.6 Å². The van der Waals surface area contributed by atoms with Crippen LogP contribution in [0.3, 0.4) is 0 Å². The molecule has 0 bridgehead atoms. The van der Waals surface area contributed by atoms with Gasteiger partial charge in [0.1, 0.15) is 6.04 Å². The smallest absolute Gasteiger partial charge is 0.315 e. The number of hydrogen-bond acceptors (Lipinski definition) is 3. The van der Waals surface area contributed by atoms with Crippen molar-refractivity contribution in [2.24, 2.45) is 7.05 Å². The minimum atomic E-state index is -0.519. The fourth-order valence-electron chi connectivity index (χ4n) is 2.73. The molecule has 22 heavy (non-hydrogen) atoms. The van der Waals surface area contributed by atoms with Gasteiger partial charge in [0.25, 0.3) is 0 Å². The molecule has 0 spiro atoms. The van der Waals surface area contributed by atoms with E-state index < -0.39 is 6.04 Å². The summed E-state index contributed by atoms with van der Waals surface area (Å²) in [6.07, 6.45) is 6.77. The van der Waals surface area contributed by atoms with E-state index in [1.165, 1.54) is 6.42 Å². The third-order valence-electron chi connectivity index (χ3n) is 4.02. The third kappa shape index (κ3) is 4.22. The molecule has 1 aliphatic heterocycles. The van der Waals surface area contributed by atoms with E-state index in [9.17, 15) is 9.59 Å². The van der Waals surface area contributed by atoms with E-state index in [2.05, 4.69) is 22.7 Å². The molecule has 2 N–H and O–H groups in total. The first-order valence-electron chi connectivity index (χ1n) is 7.79. The van der Waals surface area contributed by atoms with Gasteiger partial charge in [-0.3, -0.25) is 9.48 Å². The Morgan fingerprint density at radius 3 is 2.86 bits per heavy atom. The number of carbonyl (C=O) groups excluding carboxylic acids is 2. The Hall–Kier alpha value is -2.05. The minimum Gasteiger partial charge on any atom is -0.338 e. The summed E-state index contributed by atoms with van der Waals surface area (Å²) in [5.41, 5.74) is 0.918. The predicted octanol–water partition coefficient (Wildman–Crippen LogP) is 1.01. The van der Waals surface area contributed by atoms with Crippen LogP contribution in [-0.4, -0.2) is 45.2 Å². The van der Waals surface area contributed by atoms with Crippen molar-refractivity contribution in [2.75, 3.05) is 6.54 Å². The van der Waals surface area contributed by atoms with Gasteiger partial charge in [0.05, 0.1) is 6.20 Å². The molecule has 122 valence electrons. The number of piperidine rings is 1.